The Hall–Kier alpha value is -1.00. The molecular weight excluding hydrogens is 234 g/mol. The van der Waals surface area contributed by atoms with Gasteiger partial charge in [-0.05, 0) is 24.1 Å². The Morgan fingerprint density at radius 3 is 2.59 bits per heavy atom. The zero-order chi connectivity index (χ0) is 12.7. The molecule has 17 heavy (non-hydrogen) atoms. The van der Waals surface area contributed by atoms with Crippen LogP contribution >= 0.6 is 11.8 Å². The Balaban J connectivity index is 2.43. The van der Waals surface area contributed by atoms with E-state index in [0.29, 0.717) is 6.42 Å². The first-order valence-corrected chi connectivity index (χ1v) is 6.71. The largest absolute Gasteiger partial charge is 0.469 e. The molecule has 4 heteroatoms. The van der Waals surface area contributed by atoms with Gasteiger partial charge in [-0.15, -0.1) is 11.8 Å². The lowest BCUT2D eigenvalue weighted by atomic mass is 10.1. The highest BCUT2D eigenvalue weighted by Gasteiger charge is 2.04. The number of esters is 1. The maximum atomic E-state index is 10.9. The van der Waals surface area contributed by atoms with Gasteiger partial charge in [0.05, 0.1) is 13.5 Å². The summed E-state index contributed by atoms with van der Waals surface area (Å²) in [6, 6.07) is 8.31. The molecule has 0 spiro atoms. The fourth-order valence-corrected chi connectivity index (χ4v) is 2.23. The number of benzene rings is 1. The average molecular weight is 253 g/mol. The minimum atomic E-state index is -0.165. The molecule has 0 aliphatic carbocycles. The summed E-state index contributed by atoms with van der Waals surface area (Å²) in [6.45, 7) is 2.07. The SMILES string of the molecule is CC[C@@H](N)c1ccc(SCCC(=O)OC)cc1. The Morgan fingerprint density at radius 2 is 2.06 bits per heavy atom. The first-order chi connectivity index (χ1) is 8.17. The number of methoxy groups -OCH3 is 1. The van der Waals surface area contributed by atoms with Gasteiger partial charge in [0.15, 0.2) is 0 Å². The first-order valence-electron chi connectivity index (χ1n) is 5.72. The van der Waals surface area contributed by atoms with Crippen molar-refractivity contribution in [2.75, 3.05) is 12.9 Å². The summed E-state index contributed by atoms with van der Waals surface area (Å²) in [4.78, 5) is 12.1. The summed E-state index contributed by atoms with van der Waals surface area (Å²) in [5.41, 5.74) is 7.09. The fourth-order valence-electron chi connectivity index (χ4n) is 1.40. The second-order valence-corrected chi connectivity index (χ2v) is 4.93. The molecule has 0 saturated carbocycles. The minimum absolute atomic E-state index is 0.115. The highest BCUT2D eigenvalue weighted by atomic mass is 32.2. The lowest BCUT2D eigenvalue weighted by molar-refractivity contribution is -0.140. The smallest absolute Gasteiger partial charge is 0.306 e. The highest BCUT2D eigenvalue weighted by Crippen LogP contribution is 2.22. The summed E-state index contributed by atoms with van der Waals surface area (Å²) < 4.78 is 4.58. The van der Waals surface area contributed by atoms with Crippen LogP contribution in [0.2, 0.25) is 0 Å². The highest BCUT2D eigenvalue weighted by molar-refractivity contribution is 7.99. The molecule has 0 heterocycles. The Kier molecular flexibility index (Phi) is 6.08. The van der Waals surface area contributed by atoms with Crippen molar-refractivity contribution >= 4 is 17.7 Å². The van der Waals surface area contributed by atoms with Gasteiger partial charge in [0.25, 0.3) is 0 Å². The topological polar surface area (TPSA) is 52.3 Å². The number of thioether (sulfide) groups is 1. The van der Waals surface area contributed by atoms with Crippen molar-refractivity contribution in [1.82, 2.24) is 0 Å². The molecule has 3 nitrogen and oxygen atoms in total. The van der Waals surface area contributed by atoms with E-state index in [-0.39, 0.29) is 12.0 Å². The van der Waals surface area contributed by atoms with Gasteiger partial charge in [0.2, 0.25) is 0 Å². The van der Waals surface area contributed by atoms with Crippen LogP contribution in [0.4, 0.5) is 0 Å². The molecule has 0 unspecified atom stereocenters. The zero-order valence-corrected chi connectivity index (χ0v) is 11.1. The van der Waals surface area contributed by atoms with Crippen LogP contribution in [0, 0.1) is 0 Å². The number of hydrogen-bond acceptors (Lipinski definition) is 4. The molecule has 0 saturated heterocycles. The normalized spacial score (nSPS) is 12.2. The van der Waals surface area contributed by atoms with Crippen LogP contribution in [0.3, 0.4) is 0 Å². The quantitative estimate of drug-likeness (QED) is 0.625. The van der Waals surface area contributed by atoms with E-state index < -0.39 is 0 Å². The van der Waals surface area contributed by atoms with Crippen molar-refractivity contribution in [3.8, 4) is 0 Å². The molecule has 1 aromatic carbocycles. The van der Waals surface area contributed by atoms with Crippen LogP contribution in [0.25, 0.3) is 0 Å². The van der Waals surface area contributed by atoms with Gasteiger partial charge in [0, 0.05) is 16.7 Å². The molecule has 0 aliphatic heterocycles. The van der Waals surface area contributed by atoms with Gasteiger partial charge in [-0.1, -0.05) is 19.1 Å². The van der Waals surface area contributed by atoms with Crippen LogP contribution < -0.4 is 5.73 Å². The van der Waals surface area contributed by atoms with Gasteiger partial charge in [-0.2, -0.15) is 0 Å². The maximum absolute atomic E-state index is 10.9. The van der Waals surface area contributed by atoms with E-state index in [2.05, 4.69) is 23.8 Å². The molecule has 0 fully saturated rings. The fraction of sp³-hybridized carbons (Fsp3) is 0.462. The van der Waals surface area contributed by atoms with E-state index in [9.17, 15) is 4.79 Å². The third kappa shape index (κ3) is 4.79. The van der Waals surface area contributed by atoms with Crippen LogP contribution in [0.15, 0.2) is 29.2 Å². The first kappa shape index (κ1) is 14.1. The molecule has 1 rings (SSSR count). The van der Waals surface area contributed by atoms with Crippen molar-refractivity contribution in [3.05, 3.63) is 29.8 Å². The van der Waals surface area contributed by atoms with Crippen molar-refractivity contribution in [2.24, 2.45) is 5.73 Å². The van der Waals surface area contributed by atoms with Crippen LogP contribution in [0.1, 0.15) is 31.4 Å². The summed E-state index contributed by atoms with van der Waals surface area (Å²) in [5.74, 6) is 0.577. The molecule has 94 valence electrons. The van der Waals surface area contributed by atoms with E-state index in [4.69, 9.17) is 5.73 Å². The maximum Gasteiger partial charge on any atom is 0.306 e. The summed E-state index contributed by atoms with van der Waals surface area (Å²) in [7, 11) is 1.41. The minimum Gasteiger partial charge on any atom is -0.469 e. The number of nitrogens with two attached hydrogens (primary N) is 1. The van der Waals surface area contributed by atoms with Gasteiger partial charge < -0.3 is 10.5 Å². The molecule has 0 bridgehead atoms. The van der Waals surface area contributed by atoms with Crippen molar-refractivity contribution < 1.29 is 9.53 Å². The van der Waals surface area contributed by atoms with E-state index in [1.54, 1.807) is 11.8 Å². The molecule has 1 aromatic rings. The monoisotopic (exact) mass is 253 g/mol. The Morgan fingerprint density at radius 1 is 1.41 bits per heavy atom. The van der Waals surface area contributed by atoms with E-state index in [1.165, 1.54) is 7.11 Å². The van der Waals surface area contributed by atoms with Crippen molar-refractivity contribution in [1.29, 1.82) is 0 Å². The van der Waals surface area contributed by atoms with Crippen molar-refractivity contribution in [3.63, 3.8) is 0 Å². The number of hydrogen-bond donors (Lipinski definition) is 1. The summed E-state index contributed by atoms with van der Waals surface area (Å²) >= 11 is 1.65. The van der Waals surface area contributed by atoms with Crippen LogP contribution in [-0.2, 0) is 9.53 Å². The predicted molar refractivity (Wildman–Crippen MR) is 71.0 cm³/mol. The van der Waals surface area contributed by atoms with Gasteiger partial charge in [0.1, 0.15) is 0 Å². The Labute approximate surface area is 107 Å². The van der Waals surface area contributed by atoms with Crippen LogP contribution in [0.5, 0.6) is 0 Å². The summed E-state index contributed by atoms with van der Waals surface area (Å²) in [6.07, 6.45) is 1.38. The van der Waals surface area contributed by atoms with E-state index in [0.717, 1.165) is 22.6 Å². The van der Waals surface area contributed by atoms with Crippen LogP contribution in [-0.4, -0.2) is 18.8 Å². The molecule has 2 N–H and O–H groups in total. The molecule has 0 aliphatic rings. The van der Waals surface area contributed by atoms with Gasteiger partial charge in [-0.3, -0.25) is 4.79 Å². The van der Waals surface area contributed by atoms with E-state index in [1.807, 2.05) is 12.1 Å². The van der Waals surface area contributed by atoms with Crippen molar-refractivity contribution in [2.45, 2.75) is 30.7 Å². The second-order valence-electron chi connectivity index (χ2n) is 3.76. The molecule has 0 amide bonds. The average Bonchev–Trinajstić information content (AvgIpc) is 2.38. The lowest BCUT2D eigenvalue weighted by Crippen LogP contribution is -2.08. The lowest BCUT2D eigenvalue weighted by Gasteiger charge is -2.09. The third-order valence-corrected chi connectivity index (χ3v) is 3.56. The molecule has 0 radical (unpaired) electrons. The standard InChI is InChI=1S/C13H19NO2S/c1-3-12(14)10-4-6-11(7-5-10)17-9-8-13(15)16-2/h4-7,12H,3,8-9,14H2,1-2H3/t12-/m1/s1. The zero-order valence-electron chi connectivity index (χ0n) is 10.3. The Bertz CT molecular complexity index is 351. The molecule has 0 aromatic heterocycles. The molecular formula is C13H19NO2S. The van der Waals surface area contributed by atoms with Gasteiger partial charge in [-0.25, -0.2) is 0 Å². The second kappa shape index (κ2) is 7.35. The number of ether oxygens (including phenoxy) is 1. The predicted octanol–water partition coefficient (Wildman–Crippen LogP) is 2.75. The van der Waals surface area contributed by atoms with E-state index >= 15 is 0 Å². The number of carbonyl (C=O) groups excluding carboxylic acids is 1. The third-order valence-electron chi connectivity index (χ3n) is 2.55. The molecule has 1 atom stereocenters. The van der Waals surface area contributed by atoms with Gasteiger partial charge >= 0.3 is 5.97 Å². The number of rotatable bonds is 6. The number of carbonyl (C=O) groups is 1. The summed E-state index contributed by atoms with van der Waals surface area (Å²) in [5, 5.41) is 0.